The molecule has 3 aromatic rings. The van der Waals surface area contributed by atoms with Crippen LogP contribution in [0.4, 0.5) is 10.2 Å². The van der Waals surface area contributed by atoms with Gasteiger partial charge in [-0.3, -0.25) is 9.20 Å². The molecule has 0 aliphatic heterocycles. The van der Waals surface area contributed by atoms with Gasteiger partial charge in [0.2, 0.25) is 0 Å². The van der Waals surface area contributed by atoms with Crippen LogP contribution in [0.1, 0.15) is 67.0 Å². The number of aliphatic hydroxyl groups is 1. The summed E-state index contributed by atoms with van der Waals surface area (Å²) in [6.45, 7) is 7.30. The number of amides is 1. The van der Waals surface area contributed by atoms with Gasteiger partial charge in [0.15, 0.2) is 5.82 Å². The molecule has 1 aliphatic carbocycles. The van der Waals surface area contributed by atoms with Gasteiger partial charge in [-0.1, -0.05) is 18.5 Å². The van der Waals surface area contributed by atoms with Gasteiger partial charge >= 0.3 is 0 Å². The Morgan fingerprint density at radius 1 is 1.41 bits per heavy atom. The maximum Gasteiger partial charge on any atom is 0.258 e. The van der Waals surface area contributed by atoms with Crippen molar-refractivity contribution in [2.45, 2.75) is 58.2 Å². The van der Waals surface area contributed by atoms with Crippen LogP contribution in [0.25, 0.3) is 5.52 Å². The van der Waals surface area contributed by atoms with Gasteiger partial charge in [-0.15, -0.1) is 0 Å². The Morgan fingerprint density at radius 2 is 2.09 bits per heavy atom. The first-order valence-electron chi connectivity index (χ1n) is 10.8. The Morgan fingerprint density at radius 3 is 2.71 bits per heavy atom. The number of aromatic nitrogens is 3. The van der Waals surface area contributed by atoms with E-state index in [0.29, 0.717) is 41.3 Å². The Hall–Kier alpha value is -2.56. The van der Waals surface area contributed by atoms with Crippen molar-refractivity contribution in [3.05, 3.63) is 51.9 Å². The van der Waals surface area contributed by atoms with Gasteiger partial charge in [-0.25, -0.2) is 14.4 Å². The number of carbonyl (C=O) groups excluding carboxylic acids is 1. The molecule has 184 valence electrons. The maximum atomic E-state index is 15.2. The molecule has 1 aromatic carbocycles. The number of halogens is 2. The van der Waals surface area contributed by atoms with Crippen molar-refractivity contribution in [2.75, 3.05) is 12.3 Å². The third-order valence-corrected chi connectivity index (χ3v) is 6.10. The molecule has 34 heavy (non-hydrogen) atoms. The maximum absolute atomic E-state index is 15.2. The number of carbonyl (C=O) groups is 1. The zero-order chi connectivity index (χ0) is 24.1. The summed E-state index contributed by atoms with van der Waals surface area (Å²) < 4.78 is 23.0. The summed E-state index contributed by atoms with van der Waals surface area (Å²) in [6.07, 6.45) is 4.16. The predicted molar refractivity (Wildman–Crippen MR) is 134 cm³/mol. The first kappa shape index (κ1) is 26.1. The van der Waals surface area contributed by atoms with Crippen LogP contribution in [-0.2, 0) is 0 Å². The summed E-state index contributed by atoms with van der Waals surface area (Å²) in [6, 6.07) is 1.46. The van der Waals surface area contributed by atoms with Gasteiger partial charge in [0.1, 0.15) is 28.5 Å². The Balaban J connectivity index is 0.00000324. The third-order valence-electron chi connectivity index (χ3n) is 5.82. The summed E-state index contributed by atoms with van der Waals surface area (Å²) in [5, 5.41) is 12.5. The van der Waals surface area contributed by atoms with Gasteiger partial charge in [0.25, 0.3) is 5.91 Å². The lowest BCUT2D eigenvalue weighted by Crippen LogP contribution is -2.34. The normalized spacial score (nSPS) is 15.2. The van der Waals surface area contributed by atoms with Crippen LogP contribution in [0.5, 0.6) is 5.75 Å². The number of nitrogens with one attached hydrogen (secondary N) is 1. The van der Waals surface area contributed by atoms with E-state index in [9.17, 15) is 9.90 Å². The number of imidazole rings is 1. The molecule has 8 nitrogen and oxygen atoms in total. The van der Waals surface area contributed by atoms with Crippen LogP contribution in [0, 0.1) is 12.7 Å². The van der Waals surface area contributed by atoms with E-state index < -0.39 is 23.2 Å². The van der Waals surface area contributed by atoms with E-state index in [1.807, 2.05) is 18.2 Å². The fourth-order valence-corrected chi connectivity index (χ4v) is 4.10. The number of hydrogen-bond acceptors (Lipinski definition) is 6. The minimum atomic E-state index is -0.930. The van der Waals surface area contributed by atoms with Gasteiger partial charge in [-0.2, -0.15) is 13.5 Å². The number of fused-ring (bicyclic) bond motifs is 1. The number of ether oxygens (including phenoxy) is 1. The monoisotopic (exact) mass is 509 g/mol. The lowest BCUT2D eigenvalue weighted by molar-refractivity contribution is 0.0885. The Kier molecular flexibility index (Phi) is 7.35. The topological polar surface area (TPSA) is 115 Å². The predicted octanol–water partition coefficient (Wildman–Crippen LogP) is 3.72. The minimum absolute atomic E-state index is 0. The summed E-state index contributed by atoms with van der Waals surface area (Å²) in [5.41, 5.74) is 6.70. The molecule has 0 spiro atoms. The highest BCUT2D eigenvalue weighted by molar-refractivity contribution is 7.59. The van der Waals surface area contributed by atoms with Crippen molar-refractivity contribution in [1.82, 2.24) is 19.7 Å². The molecule has 1 aliphatic rings. The van der Waals surface area contributed by atoms with E-state index in [1.165, 1.54) is 6.07 Å². The smallest absolute Gasteiger partial charge is 0.258 e. The molecule has 0 bridgehead atoms. The number of benzene rings is 1. The molecule has 0 unspecified atom stereocenters. The van der Waals surface area contributed by atoms with Crippen LogP contribution in [-0.4, -0.2) is 43.6 Å². The molecule has 0 radical (unpaired) electrons. The highest BCUT2D eigenvalue weighted by atomic mass is 35.5. The Bertz CT molecular complexity index is 1250. The summed E-state index contributed by atoms with van der Waals surface area (Å²) >= 11 is 6.24. The second-order valence-corrected chi connectivity index (χ2v) is 9.25. The van der Waals surface area contributed by atoms with Crippen molar-refractivity contribution in [1.29, 1.82) is 0 Å². The molecule has 1 fully saturated rings. The fourth-order valence-electron chi connectivity index (χ4n) is 3.88. The van der Waals surface area contributed by atoms with Crippen LogP contribution < -0.4 is 15.8 Å². The van der Waals surface area contributed by atoms with Gasteiger partial charge < -0.3 is 20.9 Å². The van der Waals surface area contributed by atoms with E-state index in [0.717, 1.165) is 0 Å². The number of rotatable bonds is 7. The molecular weight excluding hydrogens is 481 g/mol. The molecule has 4 rings (SSSR count). The largest absolute Gasteiger partial charge is 0.490 e. The molecule has 1 saturated carbocycles. The number of nitrogens with two attached hydrogens (primary N) is 1. The highest BCUT2D eigenvalue weighted by Crippen LogP contribution is 2.40. The number of nitrogen functional groups attached to an aromatic ring is 1. The van der Waals surface area contributed by atoms with Crippen LogP contribution >= 0.6 is 25.1 Å². The molecule has 1 atom stereocenters. The Labute approximate surface area is 209 Å². The minimum Gasteiger partial charge on any atom is -0.490 e. The zero-order valence-corrected chi connectivity index (χ0v) is 21.2. The molecule has 11 heteroatoms. The second-order valence-electron chi connectivity index (χ2n) is 8.85. The molecule has 2 aromatic heterocycles. The lowest BCUT2D eigenvalue weighted by Gasteiger charge is -2.23. The standard InChI is InChI=1S/C23H27ClFN5O3.H2S/c1-11(2)33-19-14(12(3)21-29-13(4)18-20(26)27-7-8-30(18)21)9-15(24)17(25)16(19)22(31)28-10-23(32)5-6-23;/h7-9,11-12,32H,5-6,10H2,1-4H3,(H2,26,27)(H,28,31);1H2/t12-;/m0./s1. The van der Waals surface area contributed by atoms with E-state index in [4.69, 9.17) is 22.1 Å². The van der Waals surface area contributed by atoms with Crippen molar-refractivity contribution < 1.29 is 19.0 Å². The van der Waals surface area contributed by atoms with Crippen LogP contribution in [0.2, 0.25) is 5.02 Å². The number of hydrogen-bond donors (Lipinski definition) is 3. The second kappa shape index (κ2) is 9.59. The number of nitrogens with zero attached hydrogens (tertiary/aromatic N) is 3. The first-order valence-corrected chi connectivity index (χ1v) is 11.2. The van der Waals surface area contributed by atoms with Gasteiger partial charge in [-0.05, 0) is 39.7 Å². The first-order chi connectivity index (χ1) is 15.5. The average molecular weight is 510 g/mol. The van der Waals surface area contributed by atoms with Gasteiger partial charge in [0, 0.05) is 30.4 Å². The van der Waals surface area contributed by atoms with E-state index in [2.05, 4.69) is 15.3 Å². The molecule has 4 N–H and O–H groups in total. The highest BCUT2D eigenvalue weighted by Gasteiger charge is 2.41. The lowest BCUT2D eigenvalue weighted by atomic mass is 9.95. The molecule has 1 amide bonds. The molecule has 2 heterocycles. The average Bonchev–Trinajstić information content (AvgIpc) is 3.39. The fraction of sp³-hybridized carbons (Fsp3) is 0.435. The van der Waals surface area contributed by atoms with E-state index in [1.54, 1.807) is 26.2 Å². The van der Waals surface area contributed by atoms with Crippen molar-refractivity contribution in [2.24, 2.45) is 0 Å². The molecule has 0 saturated heterocycles. The van der Waals surface area contributed by atoms with Crippen LogP contribution in [0.15, 0.2) is 18.5 Å². The molecular formula is C23H29ClFN5O3S. The quantitative estimate of drug-likeness (QED) is 0.447. The van der Waals surface area contributed by atoms with Gasteiger partial charge in [0.05, 0.1) is 22.4 Å². The van der Waals surface area contributed by atoms with Crippen molar-refractivity contribution in [3.8, 4) is 5.75 Å². The van der Waals surface area contributed by atoms with Crippen molar-refractivity contribution >= 4 is 42.3 Å². The summed E-state index contributed by atoms with van der Waals surface area (Å²) in [7, 11) is 0. The van der Waals surface area contributed by atoms with E-state index in [-0.39, 0.29) is 42.5 Å². The van der Waals surface area contributed by atoms with Crippen molar-refractivity contribution in [3.63, 3.8) is 0 Å². The number of aryl methyl sites for hydroxylation is 1. The summed E-state index contributed by atoms with van der Waals surface area (Å²) in [4.78, 5) is 21.8. The van der Waals surface area contributed by atoms with E-state index >= 15 is 4.39 Å². The third kappa shape index (κ3) is 4.80. The zero-order valence-electron chi connectivity index (χ0n) is 19.4. The number of anilines is 1. The SMILES string of the molecule is Cc1nc([C@@H](C)c2cc(Cl)c(F)c(C(=O)NCC3(O)CC3)c2OC(C)C)n2ccnc(N)c12.S. The summed E-state index contributed by atoms with van der Waals surface area (Å²) in [5.74, 6) is -0.949. The van der Waals surface area contributed by atoms with Crippen LogP contribution in [0.3, 0.4) is 0 Å².